The standard InChI is InChI=1S/C22H13Br2ClFNO5S/c23-16-7-11(20(26)22(28)29)8-17(24)21(16)32-13-3-6-18-15(9-13)19(10-27-18)33(30,31)14-4-1-12(25)2-5-14/h1-10,20,27H,(H,28,29). The lowest BCUT2D eigenvalue weighted by Crippen LogP contribution is -2.06. The van der Waals surface area contributed by atoms with Gasteiger partial charge in [0.1, 0.15) is 5.75 Å². The van der Waals surface area contributed by atoms with Gasteiger partial charge in [-0.2, -0.15) is 0 Å². The van der Waals surface area contributed by atoms with Crippen LogP contribution in [0.4, 0.5) is 4.39 Å². The lowest BCUT2D eigenvalue weighted by Gasteiger charge is -2.13. The number of carboxylic acid groups (broad SMARTS) is 1. The van der Waals surface area contributed by atoms with Crippen molar-refractivity contribution in [2.75, 3.05) is 0 Å². The number of aliphatic carboxylic acids is 1. The first-order valence-corrected chi connectivity index (χ1v) is 12.7. The molecule has 2 N–H and O–H groups in total. The summed E-state index contributed by atoms with van der Waals surface area (Å²) in [5.74, 6) is -1.01. The molecule has 0 aliphatic heterocycles. The van der Waals surface area contributed by atoms with Crippen molar-refractivity contribution in [3.05, 3.63) is 80.3 Å². The number of H-pyrrole nitrogens is 1. The van der Waals surface area contributed by atoms with E-state index in [1.54, 1.807) is 18.2 Å². The number of halogens is 4. The van der Waals surface area contributed by atoms with Crippen molar-refractivity contribution in [1.82, 2.24) is 4.98 Å². The van der Waals surface area contributed by atoms with Crippen LogP contribution >= 0.6 is 43.5 Å². The normalized spacial score (nSPS) is 12.6. The zero-order valence-electron chi connectivity index (χ0n) is 16.4. The molecule has 0 saturated heterocycles. The highest BCUT2D eigenvalue weighted by molar-refractivity contribution is 9.11. The molecule has 0 radical (unpaired) electrons. The van der Waals surface area contributed by atoms with Crippen molar-refractivity contribution >= 4 is 70.2 Å². The summed E-state index contributed by atoms with van der Waals surface area (Å²) in [4.78, 5) is 14.0. The number of carbonyl (C=O) groups is 1. The summed E-state index contributed by atoms with van der Waals surface area (Å²) >= 11 is 12.4. The SMILES string of the molecule is O=C(O)C(F)c1cc(Br)c(Oc2ccc3[nH]cc(S(=O)(=O)c4ccc(Cl)cc4)c3c2)c(Br)c1. The van der Waals surface area contributed by atoms with Gasteiger partial charge in [-0.1, -0.05) is 11.6 Å². The average Bonchev–Trinajstić information content (AvgIpc) is 3.20. The molecular weight excluding hydrogens is 605 g/mol. The molecule has 0 fully saturated rings. The van der Waals surface area contributed by atoms with Gasteiger partial charge in [0.25, 0.3) is 0 Å². The molecule has 1 atom stereocenters. The summed E-state index contributed by atoms with van der Waals surface area (Å²) in [6, 6.07) is 13.4. The lowest BCUT2D eigenvalue weighted by atomic mass is 10.1. The van der Waals surface area contributed by atoms with Gasteiger partial charge >= 0.3 is 5.97 Å². The molecule has 1 unspecified atom stereocenters. The molecule has 33 heavy (non-hydrogen) atoms. The molecule has 4 rings (SSSR count). The number of aromatic amines is 1. The highest BCUT2D eigenvalue weighted by Crippen LogP contribution is 2.41. The minimum Gasteiger partial charge on any atom is -0.479 e. The molecule has 3 aromatic carbocycles. The first kappa shape index (κ1) is 23.7. The second kappa shape index (κ2) is 9.09. The topological polar surface area (TPSA) is 96.5 Å². The summed E-state index contributed by atoms with van der Waals surface area (Å²) < 4.78 is 46.7. The van der Waals surface area contributed by atoms with Crippen molar-refractivity contribution in [3.8, 4) is 11.5 Å². The minimum absolute atomic E-state index is 0.0639. The molecule has 11 heteroatoms. The summed E-state index contributed by atoms with van der Waals surface area (Å²) in [7, 11) is -3.83. The number of sulfone groups is 1. The Kier molecular flexibility index (Phi) is 6.54. The van der Waals surface area contributed by atoms with Crippen LogP contribution in [-0.2, 0) is 14.6 Å². The van der Waals surface area contributed by atoms with Crippen LogP contribution in [0.2, 0.25) is 5.02 Å². The van der Waals surface area contributed by atoms with Gasteiger partial charge in [-0.05, 0) is 92.0 Å². The molecular formula is C22H13Br2ClFNO5S. The second-order valence-electron chi connectivity index (χ2n) is 6.93. The molecule has 1 aromatic heterocycles. The Morgan fingerprint density at radius 1 is 1.06 bits per heavy atom. The van der Waals surface area contributed by atoms with Gasteiger partial charge in [-0.15, -0.1) is 0 Å². The maximum absolute atomic E-state index is 13.9. The third-order valence-electron chi connectivity index (χ3n) is 4.78. The van der Waals surface area contributed by atoms with E-state index in [0.717, 1.165) is 0 Å². The van der Waals surface area contributed by atoms with Crippen molar-refractivity contribution in [1.29, 1.82) is 0 Å². The Hall–Kier alpha value is -2.40. The number of nitrogens with one attached hydrogen (secondary N) is 1. The molecule has 170 valence electrons. The van der Waals surface area contributed by atoms with Gasteiger partial charge in [0.05, 0.1) is 18.7 Å². The highest BCUT2D eigenvalue weighted by Gasteiger charge is 2.24. The fraction of sp³-hybridized carbons (Fsp3) is 0.0455. The molecule has 0 aliphatic carbocycles. The Morgan fingerprint density at radius 3 is 2.30 bits per heavy atom. The Morgan fingerprint density at radius 2 is 1.70 bits per heavy atom. The Labute approximate surface area is 209 Å². The lowest BCUT2D eigenvalue weighted by molar-refractivity contribution is -0.143. The molecule has 0 aliphatic rings. The molecule has 0 amide bonds. The van der Waals surface area contributed by atoms with Crippen molar-refractivity contribution in [3.63, 3.8) is 0 Å². The van der Waals surface area contributed by atoms with Crippen LogP contribution in [0.3, 0.4) is 0 Å². The third kappa shape index (κ3) is 4.65. The smallest absolute Gasteiger partial charge is 0.343 e. The Bertz CT molecular complexity index is 1470. The number of benzene rings is 3. The van der Waals surface area contributed by atoms with Crippen LogP contribution in [0, 0.1) is 0 Å². The van der Waals surface area contributed by atoms with Crippen LogP contribution in [0.5, 0.6) is 11.5 Å². The number of alkyl halides is 1. The van der Waals surface area contributed by atoms with E-state index >= 15 is 0 Å². The van der Waals surface area contributed by atoms with Crippen LogP contribution in [0.15, 0.2) is 79.5 Å². The second-order valence-corrected chi connectivity index (χ2v) is 11.0. The van der Waals surface area contributed by atoms with E-state index in [0.29, 0.717) is 30.6 Å². The van der Waals surface area contributed by atoms with E-state index in [9.17, 15) is 17.6 Å². The average molecular weight is 618 g/mol. The van der Waals surface area contributed by atoms with E-state index in [2.05, 4.69) is 36.8 Å². The first-order chi connectivity index (χ1) is 15.6. The van der Waals surface area contributed by atoms with Gasteiger partial charge < -0.3 is 14.8 Å². The summed E-state index contributed by atoms with van der Waals surface area (Å²) in [6.07, 6.45) is -0.782. The van der Waals surface area contributed by atoms with Crippen molar-refractivity contribution in [2.45, 2.75) is 16.0 Å². The van der Waals surface area contributed by atoms with E-state index in [4.69, 9.17) is 21.4 Å². The van der Waals surface area contributed by atoms with Gasteiger partial charge in [0.2, 0.25) is 16.0 Å². The zero-order valence-corrected chi connectivity index (χ0v) is 21.1. The van der Waals surface area contributed by atoms with E-state index in [-0.39, 0.29) is 21.1 Å². The Balaban J connectivity index is 1.73. The molecule has 0 bridgehead atoms. The van der Waals surface area contributed by atoms with Crippen LogP contribution in [0.25, 0.3) is 10.9 Å². The number of hydrogen-bond donors (Lipinski definition) is 2. The fourth-order valence-corrected chi connectivity index (χ4v) is 6.11. The van der Waals surface area contributed by atoms with Crippen LogP contribution < -0.4 is 4.74 Å². The van der Waals surface area contributed by atoms with Gasteiger partial charge in [-0.3, -0.25) is 0 Å². The predicted octanol–water partition coefficient (Wildman–Crippen LogP) is 7.07. The molecule has 0 spiro atoms. The van der Waals surface area contributed by atoms with Gasteiger partial charge in [0, 0.05) is 22.1 Å². The van der Waals surface area contributed by atoms with E-state index in [1.807, 2.05) is 0 Å². The summed E-state index contributed by atoms with van der Waals surface area (Å²) in [6.45, 7) is 0. The predicted molar refractivity (Wildman–Crippen MR) is 129 cm³/mol. The zero-order chi connectivity index (χ0) is 23.9. The maximum Gasteiger partial charge on any atom is 0.343 e. The maximum atomic E-state index is 13.9. The number of ether oxygens (including phenoxy) is 1. The third-order valence-corrected chi connectivity index (χ3v) is 8.02. The van der Waals surface area contributed by atoms with Gasteiger partial charge in [-0.25, -0.2) is 17.6 Å². The molecule has 4 aromatic rings. The number of aromatic nitrogens is 1. The fourth-order valence-electron chi connectivity index (χ4n) is 3.18. The number of fused-ring (bicyclic) bond motifs is 1. The van der Waals surface area contributed by atoms with Crippen molar-refractivity contribution < 1.29 is 27.4 Å². The van der Waals surface area contributed by atoms with Gasteiger partial charge in [0.15, 0.2) is 5.75 Å². The quantitative estimate of drug-likeness (QED) is 0.241. The molecule has 1 heterocycles. The van der Waals surface area contributed by atoms with E-state index < -0.39 is 22.0 Å². The largest absolute Gasteiger partial charge is 0.479 e. The number of hydrogen-bond acceptors (Lipinski definition) is 4. The van der Waals surface area contributed by atoms with Crippen LogP contribution in [-0.4, -0.2) is 24.5 Å². The highest BCUT2D eigenvalue weighted by atomic mass is 79.9. The number of carboxylic acids is 1. The minimum atomic E-state index is -3.83. The molecule has 6 nitrogen and oxygen atoms in total. The van der Waals surface area contributed by atoms with Crippen molar-refractivity contribution in [2.24, 2.45) is 0 Å². The monoisotopic (exact) mass is 615 g/mol. The summed E-state index contributed by atoms with van der Waals surface area (Å²) in [5.41, 5.74) is 0.524. The number of rotatable bonds is 6. The van der Waals surface area contributed by atoms with Crippen LogP contribution in [0.1, 0.15) is 11.7 Å². The van der Waals surface area contributed by atoms with E-state index in [1.165, 1.54) is 42.6 Å². The first-order valence-electron chi connectivity index (χ1n) is 9.23. The summed E-state index contributed by atoms with van der Waals surface area (Å²) in [5, 5.41) is 9.74. The molecule has 0 saturated carbocycles.